The summed E-state index contributed by atoms with van der Waals surface area (Å²) < 4.78 is 0. The van der Waals surface area contributed by atoms with Gasteiger partial charge in [-0.25, -0.2) is 0 Å². The van der Waals surface area contributed by atoms with Crippen molar-refractivity contribution in [2.75, 3.05) is 27.7 Å². The van der Waals surface area contributed by atoms with E-state index in [-0.39, 0.29) is 24.0 Å². The van der Waals surface area contributed by atoms with E-state index < -0.39 is 0 Å². The predicted octanol–water partition coefficient (Wildman–Crippen LogP) is 3.61. The molecule has 0 spiro atoms. The molecule has 1 aromatic rings. The molecule has 1 aliphatic rings. The molecule has 0 aromatic heterocycles. The number of nitrogens with one attached hydrogen (secondary N) is 2. The Hall–Kier alpha value is -0.820. The lowest BCUT2D eigenvalue weighted by molar-refractivity contribution is 0.131. The Morgan fingerprint density at radius 3 is 2.33 bits per heavy atom. The van der Waals surface area contributed by atoms with Crippen LogP contribution in [0.25, 0.3) is 0 Å². The van der Waals surface area contributed by atoms with Crippen molar-refractivity contribution in [1.82, 2.24) is 15.5 Å². The molecule has 0 heterocycles. The van der Waals surface area contributed by atoms with E-state index in [0.717, 1.165) is 25.6 Å². The number of hydrogen-bond donors (Lipinski definition) is 2. The van der Waals surface area contributed by atoms with E-state index in [1.807, 2.05) is 7.05 Å². The standard InChI is InChI=1S/C19H32N4.HI/c1-5-19(11-8-12-19)15-22-18(20-2)21-13-16-9-6-7-10-17(16)14-23(3)4;/h6-7,9-10H,5,8,11-15H2,1-4H3,(H2,20,21,22);1H. The summed E-state index contributed by atoms with van der Waals surface area (Å²) in [6.07, 6.45) is 5.32. The fourth-order valence-electron chi connectivity index (χ4n) is 3.23. The summed E-state index contributed by atoms with van der Waals surface area (Å²) >= 11 is 0. The first-order valence-electron chi connectivity index (χ1n) is 8.74. The number of nitrogens with zero attached hydrogens (tertiary/aromatic N) is 2. The highest BCUT2D eigenvalue weighted by Gasteiger charge is 2.34. The Morgan fingerprint density at radius 2 is 1.83 bits per heavy atom. The van der Waals surface area contributed by atoms with Crippen LogP contribution in [-0.4, -0.2) is 38.5 Å². The van der Waals surface area contributed by atoms with Gasteiger partial charge in [-0.05, 0) is 49.9 Å². The SMILES string of the molecule is CCC1(CNC(=NC)NCc2ccccc2CN(C)C)CCC1.I. The maximum atomic E-state index is 4.37. The number of rotatable bonds is 7. The molecule has 0 unspecified atom stereocenters. The monoisotopic (exact) mass is 444 g/mol. The molecule has 0 saturated heterocycles. The van der Waals surface area contributed by atoms with Gasteiger partial charge in [0.15, 0.2) is 5.96 Å². The van der Waals surface area contributed by atoms with Gasteiger partial charge in [-0.15, -0.1) is 24.0 Å². The van der Waals surface area contributed by atoms with E-state index in [1.54, 1.807) is 0 Å². The van der Waals surface area contributed by atoms with Crippen LogP contribution in [0.15, 0.2) is 29.3 Å². The van der Waals surface area contributed by atoms with Gasteiger partial charge in [-0.3, -0.25) is 4.99 Å². The van der Waals surface area contributed by atoms with Gasteiger partial charge >= 0.3 is 0 Å². The lowest BCUT2D eigenvalue weighted by Gasteiger charge is -2.41. The summed E-state index contributed by atoms with van der Waals surface area (Å²) in [7, 11) is 6.06. The third kappa shape index (κ3) is 5.92. The summed E-state index contributed by atoms with van der Waals surface area (Å²) in [6, 6.07) is 8.61. The molecule has 0 aliphatic heterocycles. The van der Waals surface area contributed by atoms with Gasteiger partial charge in [0.2, 0.25) is 0 Å². The molecule has 2 N–H and O–H groups in total. The topological polar surface area (TPSA) is 39.7 Å². The molecule has 4 nitrogen and oxygen atoms in total. The summed E-state index contributed by atoms with van der Waals surface area (Å²) in [5, 5.41) is 6.99. The molecule has 0 radical (unpaired) electrons. The molecule has 1 aromatic carbocycles. The summed E-state index contributed by atoms with van der Waals surface area (Å²) in [5.41, 5.74) is 3.20. The number of guanidine groups is 1. The highest BCUT2D eigenvalue weighted by Crippen LogP contribution is 2.42. The second kappa shape index (κ2) is 10.2. The molecular weight excluding hydrogens is 411 g/mol. The average molecular weight is 444 g/mol. The van der Waals surface area contributed by atoms with Crippen molar-refractivity contribution in [3.8, 4) is 0 Å². The van der Waals surface area contributed by atoms with Crippen molar-refractivity contribution in [1.29, 1.82) is 0 Å². The number of benzene rings is 1. The second-order valence-corrected chi connectivity index (χ2v) is 6.99. The van der Waals surface area contributed by atoms with Gasteiger partial charge in [-0.2, -0.15) is 0 Å². The van der Waals surface area contributed by atoms with Crippen LogP contribution in [0.4, 0.5) is 0 Å². The summed E-state index contributed by atoms with van der Waals surface area (Å²) in [4.78, 5) is 6.58. The molecule has 0 amide bonds. The van der Waals surface area contributed by atoms with Crippen LogP contribution in [0.3, 0.4) is 0 Å². The minimum absolute atomic E-state index is 0. The van der Waals surface area contributed by atoms with Crippen LogP contribution in [0, 0.1) is 5.41 Å². The molecular formula is C19H33IN4. The predicted molar refractivity (Wildman–Crippen MR) is 114 cm³/mol. The van der Waals surface area contributed by atoms with Gasteiger partial charge < -0.3 is 15.5 Å². The lowest BCUT2D eigenvalue weighted by atomic mass is 9.67. The van der Waals surface area contributed by atoms with Crippen LogP contribution >= 0.6 is 24.0 Å². The fourth-order valence-corrected chi connectivity index (χ4v) is 3.23. The van der Waals surface area contributed by atoms with Crippen molar-refractivity contribution >= 4 is 29.9 Å². The minimum Gasteiger partial charge on any atom is -0.356 e. The molecule has 0 atom stereocenters. The maximum absolute atomic E-state index is 4.37. The largest absolute Gasteiger partial charge is 0.356 e. The lowest BCUT2D eigenvalue weighted by Crippen LogP contribution is -2.46. The maximum Gasteiger partial charge on any atom is 0.191 e. The Labute approximate surface area is 164 Å². The number of hydrogen-bond acceptors (Lipinski definition) is 2. The van der Waals surface area contributed by atoms with Gasteiger partial charge in [-0.1, -0.05) is 37.6 Å². The third-order valence-corrected chi connectivity index (χ3v) is 5.07. The molecule has 24 heavy (non-hydrogen) atoms. The zero-order chi connectivity index (χ0) is 16.7. The highest BCUT2D eigenvalue weighted by molar-refractivity contribution is 14.0. The first-order valence-corrected chi connectivity index (χ1v) is 8.74. The van der Waals surface area contributed by atoms with Gasteiger partial charge in [0.25, 0.3) is 0 Å². The second-order valence-electron chi connectivity index (χ2n) is 6.99. The summed E-state index contributed by atoms with van der Waals surface area (Å²) in [5.74, 6) is 0.907. The average Bonchev–Trinajstić information content (AvgIpc) is 2.50. The van der Waals surface area contributed by atoms with Crippen LogP contribution in [0.2, 0.25) is 0 Å². The number of halogens is 1. The quantitative estimate of drug-likeness (QED) is 0.384. The molecule has 1 fully saturated rings. The molecule has 1 saturated carbocycles. The molecule has 0 bridgehead atoms. The first kappa shape index (κ1) is 21.2. The van der Waals surface area contributed by atoms with E-state index >= 15 is 0 Å². The van der Waals surface area contributed by atoms with Crippen molar-refractivity contribution in [3.05, 3.63) is 35.4 Å². The van der Waals surface area contributed by atoms with E-state index in [4.69, 9.17) is 0 Å². The Kier molecular flexibility index (Phi) is 9.05. The third-order valence-electron chi connectivity index (χ3n) is 5.07. The molecule has 1 aliphatic carbocycles. The minimum atomic E-state index is 0. The smallest absolute Gasteiger partial charge is 0.191 e. The van der Waals surface area contributed by atoms with E-state index in [1.165, 1.54) is 36.8 Å². The Bertz CT molecular complexity index is 518. The zero-order valence-electron chi connectivity index (χ0n) is 15.6. The van der Waals surface area contributed by atoms with Crippen molar-refractivity contribution in [2.45, 2.75) is 45.7 Å². The molecule has 2 rings (SSSR count). The zero-order valence-corrected chi connectivity index (χ0v) is 17.9. The van der Waals surface area contributed by atoms with Crippen LogP contribution in [0.5, 0.6) is 0 Å². The molecule has 136 valence electrons. The summed E-state index contributed by atoms with van der Waals surface area (Å²) in [6.45, 7) is 5.10. The van der Waals surface area contributed by atoms with Crippen LogP contribution < -0.4 is 10.6 Å². The van der Waals surface area contributed by atoms with Gasteiger partial charge in [0, 0.05) is 26.7 Å². The van der Waals surface area contributed by atoms with E-state index in [9.17, 15) is 0 Å². The fraction of sp³-hybridized carbons (Fsp3) is 0.632. The Balaban J connectivity index is 0.00000288. The first-order chi connectivity index (χ1) is 11.1. The Morgan fingerprint density at radius 1 is 1.17 bits per heavy atom. The van der Waals surface area contributed by atoms with Crippen LogP contribution in [-0.2, 0) is 13.1 Å². The highest BCUT2D eigenvalue weighted by atomic mass is 127. The van der Waals surface area contributed by atoms with Gasteiger partial charge in [0.05, 0.1) is 0 Å². The van der Waals surface area contributed by atoms with E-state index in [0.29, 0.717) is 5.41 Å². The molecule has 5 heteroatoms. The van der Waals surface area contributed by atoms with E-state index in [2.05, 4.69) is 65.8 Å². The normalized spacial score (nSPS) is 16.3. The van der Waals surface area contributed by atoms with Crippen LogP contribution in [0.1, 0.15) is 43.7 Å². The van der Waals surface area contributed by atoms with Crippen molar-refractivity contribution < 1.29 is 0 Å². The van der Waals surface area contributed by atoms with Crippen molar-refractivity contribution in [3.63, 3.8) is 0 Å². The van der Waals surface area contributed by atoms with Gasteiger partial charge in [0.1, 0.15) is 0 Å². The number of aliphatic imine (C=N–C) groups is 1. The van der Waals surface area contributed by atoms with Crippen molar-refractivity contribution in [2.24, 2.45) is 10.4 Å².